The largest absolute Gasteiger partial charge is 0.508 e. The van der Waals surface area contributed by atoms with Crippen LogP contribution in [0.5, 0.6) is 5.75 Å². The first-order valence-electron chi connectivity index (χ1n) is 6.88. The van der Waals surface area contributed by atoms with Gasteiger partial charge in [0.2, 0.25) is 0 Å². The summed E-state index contributed by atoms with van der Waals surface area (Å²) in [6.07, 6.45) is 0. The van der Waals surface area contributed by atoms with Crippen LogP contribution in [0.1, 0.15) is 24.2 Å². The molecule has 5 heteroatoms. The molecule has 1 amide bonds. The maximum atomic E-state index is 12.3. The number of nitrogens with zero attached hydrogens (tertiary/aromatic N) is 2. The molecule has 0 aliphatic carbocycles. The van der Waals surface area contributed by atoms with E-state index in [2.05, 4.69) is 31.4 Å². The molecular weight excluding hydrogens is 272 g/mol. The molecule has 0 saturated carbocycles. The smallest absolute Gasteiger partial charge is 0.253 e. The Morgan fingerprint density at radius 2 is 1.75 bits per heavy atom. The standard InChI is InChI=1S/C15H22N2O2S/c1-15(2,20)11-16-7-9-17(10-8-16)14(19)12-3-5-13(18)6-4-12/h3-6,18,20H,7-11H2,1-2H3. The fraction of sp³-hybridized carbons (Fsp3) is 0.533. The Hall–Kier alpha value is -1.20. The van der Waals surface area contributed by atoms with Crippen molar-refractivity contribution in [1.29, 1.82) is 0 Å². The highest BCUT2D eigenvalue weighted by Gasteiger charge is 2.25. The van der Waals surface area contributed by atoms with Crippen LogP contribution in [-0.2, 0) is 0 Å². The molecule has 4 nitrogen and oxygen atoms in total. The number of hydrogen-bond donors (Lipinski definition) is 2. The van der Waals surface area contributed by atoms with Crippen LogP contribution in [0.25, 0.3) is 0 Å². The molecule has 0 unspecified atom stereocenters. The summed E-state index contributed by atoms with van der Waals surface area (Å²) >= 11 is 4.55. The lowest BCUT2D eigenvalue weighted by atomic mass is 10.1. The van der Waals surface area contributed by atoms with Crippen molar-refractivity contribution in [2.45, 2.75) is 18.6 Å². The summed E-state index contributed by atoms with van der Waals surface area (Å²) in [4.78, 5) is 16.5. The van der Waals surface area contributed by atoms with Crippen molar-refractivity contribution in [3.63, 3.8) is 0 Å². The summed E-state index contributed by atoms with van der Waals surface area (Å²) in [6.45, 7) is 8.38. The minimum atomic E-state index is -0.0108. The summed E-state index contributed by atoms with van der Waals surface area (Å²) in [5.41, 5.74) is 0.630. The van der Waals surface area contributed by atoms with Crippen LogP contribution in [0.2, 0.25) is 0 Å². The molecule has 1 aromatic rings. The molecule has 1 heterocycles. The van der Waals surface area contributed by atoms with Crippen LogP contribution in [0.3, 0.4) is 0 Å². The third kappa shape index (κ3) is 4.15. The van der Waals surface area contributed by atoms with Crippen molar-refractivity contribution in [2.24, 2.45) is 0 Å². The van der Waals surface area contributed by atoms with Gasteiger partial charge in [0, 0.05) is 43.0 Å². The van der Waals surface area contributed by atoms with Crippen LogP contribution < -0.4 is 0 Å². The first-order valence-corrected chi connectivity index (χ1v) is 7.33. The summed E-state index contributed by atoms with van der Waals surface area (Å²) in [5.74, 6) is 0.220. The zero-order chi connectivity index (χ0) is 14.8. The maximum Gasteiger partial charge on any atom is 0.253 e. The van der Waals surface area contributed by atoms with Crippen molar-refractivity contribution in [2.75, 3.05) is 32.7 Å². The first-order chi connectivity index (χ1) is 9.35. The second kappa shape index (κ2) is 6.06. The minimum absolute atomic E-state index is 0.0108. The van der Waals surface area contributed by atoms with Gasteiger partial charge in [-0.25, -0.2) is 0 Å². The molecule has 1 N–H and O–H groups in total. The average molecular weight is 294 g/mol. The Labute approximate surface area is 125 Å². The van der Waals surface area contributed by atoms with E-state index in [1.54, 1.807) is 24.3 Å². The number of hydrogen-bond acceptors (Lipinski definition) is 4. The molecule has 2 rings (SSSR count). The van der Waals surface area contributed by atoms with Gasteiger partial charge in [0.15, 0.2) is 0 Å². The molecule has 1 aliphatic rings. The van der Waals surface area contributed by atoms with Crippen LogP contribution in [0.4, 0.5) is 0 Å². The summed E-state index contributed by atoms with van der Waals surface area (Å²) in [5, 5.41) is 9.25. The van der Waals surface area contributed by atoms with E-state index in [9.17, 15) is 9.90 Å². The number of piperazine rings is 1. The van der Waals surface area contributed by atoms with Gasteiger partial charge >= 0.3 is 0 Å². The van der Waals surface area contributed by atoms with Crippen LogP contribution in [-0.4, -0.2) is 58.3 Å². The molecule has 0 spiro atoms. The highest BCUT2D eigenvalue weighted by molar-refractivity contribution is 7.81. The summed E-state index contributed by atoms with van der Waals surface area (Å²) < 4.78 is -0.0108. The Morgan fingerprint density at radius 1 is 1.20 bits per heavy atom. The fourth-order valence-corrected chi connectivity index (χ4v) is 2.64. The van der Waals surface area contributed by atoms with Gasteiger partial charge in [0.25, 0.3) is 5.91 Å². The SMILES string of the molecule is CC(C)(S)CN1CCN(C(=O)c2ccc(O)cc2)CC1. The molecular formula is C15H22N2O2S. The van der Waals surface area contributed by atoms with Gasteiger partial charge in [-0.2, -0.15) is 12.6 Å². The monoisotopic (exact) mass is 294 g/mol. The molecule has 20 heavy (non-hydrogen) atoms. The second-order valence-corrected chi connectivity index (χ2v) is 7.14. The van der Waals surface area contributed by atoms with E-state index in [0.717, 1.165) is 32.7 Å². The number of aromatic hydroxyl groups is 1. The fourth-order valence-electron chi connectivity index (χ4n) is 2.44. The topological polar surface area (TPSA) is 43.8 Å². The van der Waals surface area contributed by atoms with Crippen LogP contribution in [0, 0.1) is 0 Å². The number of phenolic OH excluding ortho intramolecular Hbond substituents is 1. The van der Waals surface area contributed by atoms with E-state index >= 15 is 0 Å². The van der Waals surface area contributed by atoms with E-state index in [4.69, 9.17) is 0 Å². The zero-order valence-electron chi connectivity index (χ0n) is 12.0. The molecule has 0 atom stereocenters. The third-order valence-electron chi connectivity index (χ3n) is 3.38. The quantitative estimate of drug-likeness (QED) is 0.836. The Kier molecular flexibility index (Phi) is 4.60. The highest BCUT2D eigenvalue weighted by Crippen LogP contribution is 2.17. The van der Waals surface area contributed by atoms with Crippen LogP contribution >= 0.6 is 12.6 Å². The van der Waals surface area contributed by atoms with Gasteiger partial charge in [0.1, 0.15) is 5.75 Å². The van der Waals surface area contributed by atoms with E-state index in [-0.39, 0.29) is 16.4 Å². The number of carbonyl (C=O) groups is 1. The normalized spacial score (nSPS) is 17.2. The van der Waals surface area contributed by atoms with Gasteiger partial charge < -0.3 is 10.0 Å². The van der Waals surface area contributed by atoms with E-state index < -0.39 is 0 Å². The average Bonchev–Trinajstić information content (AvgIpc) is 2.38. The van der Waals surface area contributed by atoms with Gasteiger partial charge in [-0.1, -0.05) is 0 Å². The van der Waals surface area contributed by atoms with Gasteiger partial charge in [0.05, 0.1) is 0 Å². The third-order valence-corrected chi connectivity index (χ3v) is 3.53. The second-order valence-electron chi connectivity index (χ2n) is 5.93. The van der Waals surface area contributed by atoms with Crippen molar-refractivity contribution in [3.8, 4) is 5.75 Å². The van der Waals surface area contributed by atoms with Crippen molar-refractivity contribution < 1.29 is 9.90 Å². The molecule has 0 aromatic heterocycles. The molecule has 1 aromatic carbocycles. The number of amides is 1. The first kappa shape index (κ1) is 15.2. The summed E-state index contributed by atoms with van der Waals surface area (Å²) in [7, 11) is 0. The number of phenols is 1. The minimum Gasteiger partial charge on any atom is -0.508 e. The predicted molar refractivity (Wildman–Crippen MR) is 83.5 cm³/mol. The maximum absolute atomic E-state index is 12.3. The lowest BCUT2D eigenvalue weighted by Gasteiger charge is -2.37. The molecule has 110 valence electrons. The lowest BCUT2D eigenvalue weighted by molar-refractivity contribution is 0.0630. The van der Waals surface area contributed by atoms with Gasteiger partial charge in [-0.15, -0.1) is 0 Å². The van der Waals surface area contributed by atoms with Gasteiger partial charge in [-0.05, 0) is 38.1 Å². The van der Waals surface area contributed by atoms with E-state index in [1.807, 2.05) is 4.90 Å². The Morgan fingerprint density at radius 3 is 2.25 bits per heavy atom. The molecule has 1 fully saturated rings. The van der Waals surface area contributed by atoms with Crippen molar-refractivity contribution >= 4 is 18.5 Å². The number of carbonyl (C=O) groups excluding carboxylic acids is 1. The zero-order valence-corrected chi connectivity index (χ0v) is 12.9. The molecule has 1 saturated heterocycles. The predicted octanol–water partition coefficient (Wildman–Crippen LogP) is 1.86. The lowest BCUT2D eigenvalue weighted by Crippen LogP contribution is -2.51. The molecule has 1 aliphatic heterocycles. The van der Waals surface area contributed by atoms with Crippen LogP contribution in [0.15, 0.2) is 24.3 Å². The number of benzene rings is 1. The Balaban J connectivity index is 1.90. The number of rotatable bonds is 3. The van der Waals surface area contributed by atoms with E-state index in [1.165, 1.54) is 0 Å². The Bertz CT molecular complexity index is 460. The summed E-state index contributed by atoms with van der Waals surface area (Å²) in [6, 6.07) is 6.43. The number of thiol groups is 1. The van der Waals surface area contributed by atoms with E-state index in [0.29, 0.717) is 5.56 Å². The van der Waals surface area contributed by atoms with Crippen molar-refractivity contribution in [3.05, 3.63) is 29.8 Å². The molecule has 0 radical (unpaired) electrons. The van der Waals surface area contributed by atoms with Crippen molar-refractivity contribution in [1.82, 2.24) is 9.80 Å². The molecule has 0 bridgehead atoms. The van der Waals surface area contributed by atoms with Gasteiger partial charge in [-0.3, -0.25) is 9.69 Å². The highest BCUT2D eigenvalue weighted by atomic mass is 32.1.